The summed E-state index contributed by atoms with van der Waals surface area (Å²) in [7, 11) is 1.70. The number of methoxy groups -OCH3 is 1. The highest BCUT2D eigenvalue weighted by Gasteiger charge is 2.46. The fourth-order valence-corrected chi connectivity index (χ4v) is 4.03. The molecule has 1 aliphatic rings. The number of alkyl halides is 3. The maximum Gasteiger partial charge on any atom is 0.490 e. The van der Waals surface area contributed by atoms with Crippen LogP contribution in [0.1, 0.15) is 31.1 Å². The molecule has 0 spiro atoms. The number of hydrogen-bond donors (Lipinski definition) is 2. The smallest absolute Gasteiger partial charge is 0.490 e. The summed E-state index contributed by atoms with van der Waals surface area (Å²) < 4.78 is 37.1. The fourth-order valence-electron chi connectivity index (χ4n) is 4.03. The number of pyridine rings is 1. The maximum atomic E-state index is 10.6. The number of H-pyrrole nitrogens is 1. The van der Waals surface area contributed by atoms with Gasteiger partial charge < -0.3 is 14.8 Å². The van der Waals surface area contributed by atoms with Crippen LogP contribution in [-0.4, -0.2) is 45.8 Å². The fraction of sp³-hybridized carbons (Fsp3) is 0.364. The van der Waals surface area contributed by atoms with Gasteiger partial charge in [-0.25, -0.2) is 4.79 Å². The van der Waals surface area contributed by atoms with E-state index in [9.17, 15) is 13.2 Å². The second-order valence-electron chi connectivity index (χ2n) is 8.13. The number of carbonyl (C=O) groups is 1. The molecule has 1 fully saturated rings. The number of rotatable bonds is 4. The van der Waals surface area contributed by atoms with Crippen molar-refractivity contribution in [2.75, 3.05) is 13.7 Å². The molecule has 3 heterocycles. The van der Waals surface area contributed by atoms with E-state index in [1.54, 1.807) is 7.11 Å². The number of likely N-dealkylation sites (tertiary alicyclic amines) is 1. The first-order valence-corrected chi connectivity index (χ1v) is 9.61. The van der Waals surface area contributed by atoms with Gasteiger partial charge in [-0.15, -0.1) is 0 Å². The monoisotopic (exact) mass is 435 g/mol. The number of carboxylic acids is 1. The van der Waals surface area contributed by atoms with Crippen LogP contribution in [0.2, 0.25) is 0 Å². The normalized spacial score (nSPS) is 18.1. The molecule has 166 valence electrons. The van der Waals surface area contributed by atoms with Crippen LogP contribution in [0.15, 0.2) is 48.8 Å². The van der Waals surface area contributed by atoms with Gasteiger partial charge in [0.15, 0.2) is 0 Å². The first-order valence-electron chi connectivity index (χ1n) is 9.61. The van der Waals surface area contributed by atoms with Crippen LogP contribution in [0.25, 0.3) is 10.9 Å². The van der Waals surface area contributed by atoms with Gasteiger partial charge in [0.25, 0.3) is 0 Å². The Balaban J connectivity index is 0.000000339. The molecule has 1 unspecified atom stereocenters. The molecule has 6 nitrogen and oxygen atoms in total. The Morgan fingerprint density at radius 2 is 2.03 bits per heavy atom. The minimum absolute atomic E-state index is 0.276. The molecular weight excluding hydrogens is 411 g/mol. The molecule has 0 amide bonds. The van der Waals surface area contributed by atoms with Gasteiger partial charge in [0.05, 0.1) is 7.11 Å². The molecule has 0 saturated carbocycles. The first-order chi connectivity index (χ1) is 14.5. The van der Waals surface area contributed by atoms with Crippen LogP contribution in [-0.2, 0) is 11.3 Å². The zero-order chi connectivity index (χ0) is 22.8. The van der Waals surface area contributed by atoms with Crippen LogP contribution in [0.5, 0.6) is 5.75 Å². The molecule has 1 saturated heterocycles. The standard InChI is InChI=1S/C20H23N3O.C2HF3O2/c1-20(2)13-23(19(20)14-5-4-8-21-11-14)12-16-9-15-10-17(24-3)6-7-18(15)22-16;3-2(4,5)1(6)7/h4-11,19,22H,12-13H2,1-3H3;(H,6,7). The molecule has 2 aromatic heterocycles. The van der Waals surface area contributed by atoms with E-state index in [4.69, 9.17) is 14.6 Å². The predicted octanol–water partition coefficient (Wildman–Crippen LogP) is 4.79. The third-order valence-electron chi connectivity index (χ3n) is 5.22. The topological polar surface area (TPSA) is 78.5 Å². The maximum absolute atomic E-state index is 10.6. The van der Waals surface area contributed by atoms with Gasteiger partial charge in [0, 0.05) is 48.1 Å². The Morgan fingerprint density at radius 1 is 1.32 bits per heavy atom. The van der Waals surface area contributed by atoms with Crippen molar-refractivity contribution in [3.8, 4) is 5.75 Å². The highest BCUT2D eigenvalue weighted by atomic mass is 19.4. The molecule has 1 aliphatic heterocycles. The summed E-state index contributed by atoms with van der Waals surface area (Å²) in [5.74, 6) is -1.86. The van der Waals surface area contributed by atoms with Crippen molar-refractivity contribution >= 4 is 16.9 Å². The molecule has 2 N–H and O–H groups in total. The predicted molar refractivity (Wildman–Crippen MR) is 110 cm³/mol. The number of aliphatic carboxylic acids is 1. The lowest BCUT2D eigenvalue weighted by atomic mass is 9.72. The van der Waals surface area contributed by atoms with E-state index in [2.05, 4.69) is 53.0 Å². The lowest BCUT2D eigenvalue weighted by Crippen LogP contribution is -2.54. The van der Waals surface area contributed by atoms with Crippen molar-refractivity contribution in [3.63, 3.8) is 0 Å². The Bertz CT molecular complexity index is 1050. The summed E-state index contributed by atoms with van der Waals surface area (Å²) in [6.45, 7) is 6.67. The average molecular weight is 435 g/mol. The summed E-state index contributed by atoms with van der Waals surface area (Å²) >= 11 is 0. The largest absolute Gasteiger partial charge is 0.497 e. The highest BCUT2D eigenvalue weighted by molar-refractivity contribution is 5.81. The average Bonchev–Trinajstić information content (AvgIpc) is 3.09. The molecule has 9 heteroatoms. The number of aromatic amines is 1. The molecule has 31 heavy (non-hydrogen) atoms. The molecule has 3 aromatic rings. The lowest BCUT2D eigenvalue weighted by Gasteiger charge is -2.54. The third kappa shape index (κ3) is 5.16. The Morgan fingerprint density at radius 3 is 2.58 bits per heavy atom. The summed E-state index contributed by atoms with van der Waals surface area (Å²) in [6, 6.07) is 13.0. The number of hydrogen-bond acceptors (Lipinski definition) is 4. The summed E-state index contributed by atoms with van der Waals surface area (Å²) in [5, 5.41) is 8.32. The number of fused-ring (bicyclic) bond motifs is 1. The van der Waals surface area contributed by atoms with E-state index >= 15 is 0 Å². The van der Waals surface area contributed by atoms with E-state index in [1.165, 1.54) is 16.6 Å². The van der Waals surface area contributed by atoms with E-state index in [-0.39, 0.29) is 5.41 Å². The number of benzene rings is 1. The third-order valence-corrected chi connectivity index (χ3v) is 5.22. The van der Waals surface area contributed by atoms with E-state index < -0.39 is 12.1 Å². The van der Waals surface area contributed by atoms with Crippen molar-refractivity contribution in [1.29, 1.82) is 0 Å². The van der Waals surface area contributed by atoms with Crippen molar-refractivity contribution in [2.45, 2.75) is 32.6 Å². The van der Waals surface area contributed by atoms with E-state index in [0.717, 1.165) is 24.4 Å². The Hall–Kier alpha value is -3.07. The molecule has 1 atom stereocenters. The number of nitrogens with zero attached hydrogens (tertiary/aromatic N) is 2. The number of aromatic nitrogens is 2. The summed E-state index contributed by atoms with van der Waals surface area (Å²) in [6.07, 6.45) is -1.25. The zero-order valence-corrected chi connectivity index (χ0v) is 17.4. The molecular formula is C22H24F3N3O3. The van der Waals surface area contributed by atoms with Gasteiger partial charge in [-0.05, 0) is 41.3 Å². The van der Waals surface area contributed by atoms with Crippen LogP contribution < -0.4 is 4.74 Å². The van der Waals surface area contributed by atoms with Crippen molar-refractivity contribution in [3.05, 3.63) is 60.0 Å². The molecule has 0 aliphatic carbocycles. The molecule has 0 bridgehead atoms. The number of nitrogens with one attached hydrogen (secondary N) is 1. The number of ether oxygens (including phenoxy) is 1. The summed E-state index contributed by atoms with van der Waals surface area (Å²) in [5.41, 5.74) is 3.97. The van der Waals surface area contributed by atoms with Crippen LogP contribution in [0, 0.1) is 5.41 Å². The van der Waals surface area contributed by atoms with E-state index in [0.29, 0.717) is 6.04 Å². The zero-order valence-electron chi connectivity index (χ0n) is 17.4. The van der Waals surface area contributed by atoms with Gasteiger partial charge in [-0.1, -0.05) is 19.9 Å². The van der Waals surface area contributed by atoms with Gasteiger partial charge in [-0.2, -0.15) is 13.2 Å². The second kappa shape index (κ2) is 8.58. The molecule has 0 radical (unpaired) electrons. The van der Waals surface area contributed by atoms with Gasteiger partial charge >= 0.3 is 12.1 Å². The van der Waals surface area contributed by atoms with Crippen LogP contribution in [0.4, 0.5) is 13.2 Å². The van der Waals surface area contributed by atoms with E-state index in [1.807, 2.05) is 24.5 Å². The van der Waals surface area contributed by atoms with Gasteiger partial charge in [0.1, 0.15) is 5.75 Å². The van der Waals surface area contributed by atoms with Gasteiger partial charge in [0.2, 0.25) is 0 Å². The second-order valence-corrected chi connectivity index (χ2v) is 8.13. The Kier molecular flexibility index (Phi) is 6.26. The van der Waals surface area contributed by atoms with Gasteiger partial charge in [-0.3, -0.25) is 9.88 Å². The molecule has 1 aromatic carbocycles. The lowest BCUT2D eigenvalue weighted by molar-refractivity contribution is -0.192. The number of halogens is 3. The van der Waals surface area contributed by atoms with Crippen molar-refractivity contribution in [1.82, 2.24) is 14.9 Å². The van der Waals surface area contributed by atoms with Crippen LogP contribution >= 0.6 is 0 Å². The summed E-state index contributed by atoms with van der Waals surface area (Å²) in [4.78, 5) is 19.2. The minimum atomic E-state index is -5.08. The van der Waals surface area contributed by atoms with Crippen molar-refractivity contribution < 1.29 is 27.8 Å². The van der Waals surface area contributed by atoms with Crippen molar-refractivity contribution in [2.24, 2.45) is 5.41 Å². The highest BCUT2D eigenvalue weighted by Crippen LogP contribution is 2.48. The Labute approximate surface area is 177 Å². The molecule has 4 rings (SSSR count). The number of carboxylic acid groups (broad SMARTS) is 1. The first kappa shape index (κ1) is 22.6. The van der Waals surface area contributed by atoms with Crippen LogP contribution in [0.3, 0.4) is 0 Å². The SMILES string of the molecule is COc1ccc2[nH]c(CN3CC(C)(C)C3c3cccnc3)cc2c1.O=C(O)C(F)(F)F. The quantitative estimate of drug-likeness (QED) is 0.616. The minimum Gasteiger partial charge on any atom is -0.497 e.